The summed E-state index contributed by atoms with van der Waals surface area (Å²) in [5, 5.41) is 4.15. The third kappa shape index (κ3) is 2.96. The molecule has 0 bridgehead atoms. The number of ether oxygens (including phenoxy) is 1. The van der Waals surface area contributed by atoms with Crippen LogP contribution in [0.2, 0.25) is 5.28 Å². The van der Waals surface area contributed by atoms with E-state index in [4.69, 9.17) is 16.3 Å². The molecule has 0 aromatic carbocycles. The molecule has 21 heavy (non-hydrogen) atoms. The van der Waals surface area contributed by atoms with Crippen LogP contribution in [0.15, 0.2) is 12.7 Å². The number of rotatable bonds is 3. The van der Waals surface area contributed by atoms with Gasteiger partial charge in [0.05, 0.1) is 6.10 Å². The van der Waals surface area contributed by atoms with Crippen LogP contribution in [0.1, 0.15) is 13.3 Å². The molecule has 0 amide bonds. The van der Waals surface area contributed by atoms with Crippen molar-refractivity contribution < 1.29 is 4.74 Å². The second kappa shape index (κ2) is 5.90. The minimum absolute atomic E-state index is 0.137. The molecule has 2 aromatic rings. The van der Waals surface area contributed by atoms with Gasteiger partial charge >= 0.3 is 0 Å². The molecule has 3 rings (SSSR count). The maximum atomic E-state index is 6.00. The highest BCUT2D eigenvalue weighted by molar-refractivity contribution is 6.28. The van der Waals surface area contributed by atoms with E-state index in [9.17, 15) is 0 Å². The molecule has 0 saturated carbocycles. The first kappa shape index (κ1) is 14.2. The SMILES string of the molecule is COC1CN(c2nc(Cl)nc(-n3cncn3)n2)CCC1C. The first-order chi connectivity index (χ1) is 10.2. The van der Waals surface area contributed by atoms with E-state index in [1.807, 2.05) is 0 Å². The van der Waals surface area contributed by atoms with Crippen molar-refractivity contribution in [3.05, 3.63) is 17.9 Å². The maximum absolute atomic E-state index is 6.00. The lowest BCUT2D eigenvalue weighted by Crippen LogP contribution is -2.44. The highest BCUT2D eigenvalue weighted by Gasteiger charge is 2.28. The van der Waals surface area contributed by atoms with E-state index in [0.29, 0.717) is 17.8 Å². The van der Waals surface area contributed by atoms with E-state index in [2.05, 4.69) is 36.9 Å². The Morgan fingerprint density at radius 3 is 2.81 bits per heavy atom. The number of halogens is 1. The van der Waals surface area contributed by atoms with Crippen molar-refractivity contribution in [3.63, 3.8) is 0 Å². The molecule has 0 N–H and O–H groups in total. The van der Waals surface area contributed by atoms with Gasteiger partial charge < -0.3 is 9.64 Å². The lowest BCUT2D eigenvalue weighted by atomic mass is 9.96. The Hall–Kier alpha value is -1.80. The Morgan fingerprint density at radius 2 is 2.10 bits per heavy atom. The van der Waals surface area contributed by atoms with Gasteiger partial charge in [0.1, 0.15) is 12.7 Å². The summed E-state index contributed by atoms with van der Waals surface area (Å²) in [5.41, 5.74) is 0. The van der Waals surface area contributed by atoms with E-state index in [0.717, 1.165) is 19.5 Å². The zero-order valence-corrected chi connectivity index (χ0v) is 12.6. The average Bonchev–Trinajstić information content (AvgIpc) is 3.01. The lowest BCUT2D eigenvalue weighted by Gasteiger charge is -2.36. The molecule has 0 spiro atoms. The summed E-state index contributed by atoms with van der Waals surface area (Å²) in [6.07, 6.45) is 4.11. The van der Waals surface area contributed by atoms with Crippen LogP contribution in [0.4, 0.5) is 5.95 Å². The largest absolute Gasteiger partial charge is 0.379 e. The second-order valence-electron chi connectivity index (χ2n) is 5.03. The van der Waals surface area contributed by atoms with Crippen LogP contribution < -0.4 is 4.90 Å². The van der Waals surface area contributed by atoms with Gasteiger partial charge in [-0.05, 0) is 23.9 Å². The van der Waals surface area contributed by atoms with Crippen molar-refractivity contribution in [2.75, 3.05) is 25.1 Å². The van der Waals surface area contributed by atoms with Gasteiger partial charge in [-0.1, -0.05) is 6.92 Å². The van der Waals surface area contributed by atoms with Crippen molar-refractivity contribution in [1.29, 1.82) is 0 Å². The van der Waals surface area contributed by atoms with Crippen molar-refractivity contribution in [3.8, 4) is 5.95 Å². The smallest absolute Gasteiger partial charge is 0.258 e. The van der Waals surface area contributed by atoms with Crippen LogP contribution in [-0.2, 0) is 4.74 Å². The standard InChI is InChI=1S/C12H16ClN7O/c1-8-3-4-19(5-9(8)21-2)11-16-10(13)17-12(18-11)20-7-14-6-15-20/h6-9H,3-5H2,1-2H3. The quantitative estimate of drug-likeness (QED) is 0.835. The van der Waals surface area contributed by atoms with E-state index in [-0.39, 0.29) is 11.4 Å². The maximum Gasteiger partial charge on any atom is 0.258 e. The molecule has 3 heterocycles. The van der Waals surface area contributed by atoms with Gasteiger partial charge in [-0.15, -0.1) is 0 Å². The van der Waals surface area contributed by atoms with Gasteiger partial charge in [0.2, 0.25) is 11.2 Å². The zero-order chi connectivity index (χ0) is 14.8. The minimum atomic E-state index is 0.137. The fraction of sp³-hybridized carbons (Fsp3) is 0.583. The Labute approximate surface area is 127 Å². The number of nitrogens with zero attached hydrogens (tertiary/aromatic N) is 7. The van der Waals surface area contributed by atoms with E-state index in [1.54, 1.807) is 7.11 Å². The third-order valence-corrected chi connectivity index (χ3v) is 3.85. The van der Waals surface area contributed by atoms with Crippen LogP contribution in [0, 0.1) is 5.92 Å². The molecule has 1 aliphatic heterocycles. The molecule has 1 aliphatic rings. The molecule has 1 fully saturated rings. The Morgan fingerprint density at radius 1 is 1.29 bits per heavy atom. The van der Waals surface area contributed by atoms with E-state index >= 15 is 0 Å². The monoisotopic (exact) mass is 309 g/mol. The number of hydrogen-bond donors (Lipinski definition) is 0. The van der Waals surface area contributed by atoms with Crippen LogP contribution in [0.25, 0.3) is 5.95 Å². The Balaban J connectivity index is 1.88. The number of hydrogen-bond acceptors (Lipinski definition) is 7. The van der Waals surface area contributed by atoms with Crippen LogP contribution in [0.5, 0.6) is 0 Å². The molecule has 0 radical (unpaired) electrons. The van der Waals surface area contributed by atoms with E-state index < -0.39 is 0 Å². The number of piperidine rings is 1. The molecule has 2 atom stereocenters. The normalized spacial score (nSPS) is 22.5. The van der Waals surface area contributed by atoms with Crippen molar-refractivity contribution in [2.45, 2.75) is 19.4 Å². The summed E-state index contributed by atoms with van der Waals surface area (Å²) in [6.45, 7) is 3.78. The molecule has 9 heteroatoms. The van der Waals surface area contributed by atoms with E-state index in [1.165, 1.54) is 17.3 Å². The molecule has 1 saturated heterocycles. The summed E-state index contributed by atoms with van der Waals surface area (Å²) >= 11 is 6.00. The fourth-order valence-electron chi connectivity index (χ4n) is 2.41. The number of methoxy groups -OCH3 is 1. The van der Waals surface area contributed by atoms with Crippen molar-refractivity contribution >= 4 is 17.5 Å². The van der Waals surface area contributed by atoms with Crippen molar-refractivity contribution in [1.82, 2.24) is 29.7 Å². The van der Waals surface area contributed by atoms with Gasteiger partial charge in [0.15, 0.2) is 0 Å². The molecule has 8 nitrogen and oxygen atoms in total. The first-order valence-corrected chi connectivity index (χ1v) is 7.09. The van der Waals surface area contributed by atoms with Crippen LogP contribution in [-0.4, -0.2) is 56.0 Å². The van der Waals surface area contributed by atoms with Gasteiger partial charge in [-0.2, -0.15) is 24.7 Å². The predicted molar refractivity (Wildman–Crippen MR) is 76.5 cm³/mol. The Bertz CT molecular complexity index is 606. The second-order valence-corrected chi connectivity index (χ2v) is 5.37. The summed E-state index contributed by atoms with van der Waals surface area (Å²) in [6, 6.07) is 0. The summed E-state index contributed by atoms with van der Waals surface area (Å²) in [7, 11) is 1.73. The van der Waals surface area contributed by atoms with Crippen molar-refractivity contribution in [2.24, 2.45) is 5.92 Å². The molecule has 2 unspecified atom stereocenters. The van der Waals surface area contributed by atoms with Crippen LogP contribution in [0.3, 0.4) is 0 Å². The summed E-state index contributed by atoms with van der Waals surface area (Å²) < 4.78 is 6.97. The topological polar surface area (TPSA) is 81.9 Å². The first-order valence-electron chi connectivity index (χ1n) is 6.71. The summed E-state index contributed by atoms with van der Waals surface area (Å²) in [5.74, 6) is 1.41. The van der Waals surface area contributed by atoms with Gasteiger partial charge in [0.25, 0.3) is 5.95 Å². The Kier molecular flexibility index (Phi) is 3.98. The molecule has 0 aliphatic carbocycles. The highest BCUT2D eigenvalue weighted by Crippen LogP contribution is 2.23. The molecule has 2 aromatic heterocycles. The molecular formula is C12H16ClN7O. The zero-order valence-electron chi connectivity index (χ0n) is 11.8. The molecular weight excluding hydrogens is 294 g/mol. The minimum Gasteiger partial charge on any atom is -0.379 e. The predicted octanol–water partition coefficient (Wildman–Crippen LogP) is 0.967. The molecule has 112 valence electrons. The summed E-state index contributed by atoms with van der Waals surface area (Å²) in [4.78, 5) is 18.6. The fourth-order valence-corrected chi connectivity index (χ4v) is 2.56. The van der Waals surface area contributed by atoms with Crippen LogP contribution >= 0.6 is 11.6 Å². The van der Waals surface area contributed by atoms with Gasteiger partial charge in [-0.25, -0.2) is 4.98 Å². The van der Waals surface area contributed by atoms with Gasteiger partial charge in [0, 0.05) is 20.2 Å². The highest BCUT2D eigenvalue weighted by atomic mass is 35.5. The average molecular weight is 310 g/mol. The number of aromatic nitrogens is 6. The number of anilines is 1. The lowest BCUT2D eigenvalue weighted by molar-refractivity contribution is 0.0494. The third-order valence-electron chi connectivity index (χ3n) is 3.68. The van der Waals surface area contributed by atoms with Gasteiger partial charge in [-0.3, -0.25) is 0 Å².